The highest BCUT2D eigenvalue weighted by Crippen LogP contribution is 2.31. The molecule has 3 atom stereocenters. The lowest BCUT2D eigenvalue weighted by molar-refractivity contribution is -0.150. The number of rotatable bonds is 5. The van der Waals surface area contributed by atoms with Crippen LogP contribution in [0.4, 0.5) is 0 Å². The number of carbonyl (C=O) groups is 3. The third-order valence-corrected chi connectivity index (χ3v) is 4.15. The number of hydrogen-bond acceptors (Lipinski definition) is 5. The smallest absolute Gasteiger partial charge is 0.327 e. The zero-order valence-electron chi connectivity index (χ0n) is 9.91. The van der Waals surface area contributed by atoms with Crippen LogP contribution in [0.15, 0.2) is 0 Å². The first-order chi connectivity index (χ1) is 8.38. The number of carboxylic acids is 2. The standard InChI is InChI=1S/C10H16N2O5S/c1-2-7-12(6(4-18-7)10(16)17)9(15)5(11)3-8(13)14/h5-7H,2-4,11H2,1H3,(H,13,14)(H,16,17). The van der Waals surface area contributed by atoms with E-state index >= 15 is 0 Å². The molecule has 1 saturated heterocycles. The Hall–Kier alpha value is -1.28. The van der Waals surface area contributed by atoms with Crippen molar-refractivity contribution in [3.63, 3.8) is 0 Å². The summed E-state index contributed by atoms with van der Waals surface area (Å²) in [6.07, 6.45) is 0.1000. The molecule has 0 aromatic rings. The molecule has 1 amide bonds. The maximum atomic E-state index is 12.0. The van der Waals surface area contributed by atoms with Crippen molar-refractivity contribution in [3.8, 4) is 0 Å². The first-order valence-electron chi connectivity index (χ1n) is 5.52. The van der Waals surface area contributed by atoms with Gasteiger partial charge in [-0.3, -0.25) is 9.59 Å². The van der Waals surface area contributed by atoms with Gasteiger partial charge in [-0.1, -0.05) is 6.92 Å². The number of aliphatic carboxylic acids is 2. The fourth-order valence-electron chi connectivity index (χ4n) is 1.83. The predicted octanol–water partition coefficient (Wildman–Crippen LogP) is -0.447. The lowest BCUT2D eigenvalue weighted by atomic mass is 10.1. The molecule has 0 spiro atoms. The Morgan fingerprint density at radius 2 is 2.06 bits per heavy atom. The molecule has 7 nitrogen and oxygen atoms in total. The van der Waals surface area contributed by atoms with Gasteiger partial charge in [-0.2, -0.15) is 0 Å². The molecule has 8 heteroatoms. The molecule has 0 saturated carbocycles. The van der Waals surface area contributed by atoms with Crippen LogP contribution in [-0.4, -0.2) is 56.2 Å². The van der Waals surface area contributed by atoms with E-state index in [2.05, 4.69) is 0 Å². The van der Waals surface area contributed by atoms with E-state index in [9.17, 15) is 14.4 Å². The molecule has 1 fully saturated rings. The first kappa shape index (κ1) is 14.8. The molecule has 0 aromatic heterocycles. The quantitative estimate of drug-likeness (QED) is 0.622. The number of carbonyl (C=O) groups excluding carboxylic acids is 1. The van der Waals surface area contributed by atoms with Gasteiger partial charge in [0.1, 0.15) is 6.04 Å². The molecule has 1 aliphatic rings. The zero-order chi connectivity index (χ0) is 13.9. The van der Waals surface area contributed by atoms with E-state index in [0.717, 1.165) is 0 Å². The molecule has 3 unspecified atom stereocenters. The highest BCUT2D eigenvalue weighted by atomic mass is 32.2. The minimum Gasteiger partial charge on any atom is -0.481 e. The minimum atomic E-state index is -1.20. The molecule has 0 bridgehead atoms. The maximum absolute atomic E-state index is 12.0. The van der Waals surface area contributed by atoms with Crippen LogP contribution in [0.3, 0.4) is 0 Å². The Morgan fingerprint density at radius 1 is 1.44 bits per heavy atom. The van der Waals surface area contributed by atoms with E-state index in [1.807, 2.05) is 6.92 Å². The summed E-state index contributed by atoms with van der Waals surface area (Å²) in [5.41, 5.74) is 5.50. The van der Waals surface area contributed by atoms with E-state index in [-0.39, 0.29) is 5.37 Å². The molecular formula is C10H16N2O5S. The first-order valence-corrected chi connectivity index (χ1v) is 6.57. The summed E-state index contributed by atoms with van der Waals surface area (Å²) >= 11 is 1.37. The van der Waals surface area contributed by atoms with Crippen molar-refractivity contribution in [2.75, 3.05) is 5.75 Å². The average molecular weight is 276 g/mol. The highest BCUT2D eigenvalue weighted by Gasteiger charge is 2.42. The van der Waals surface area contributed by atoms with Gasteiger partial charge in [0.05, 0.1) is 17.8 Å². The van der Waals surface area contributed by atoms with Gasteiger partial charge in [-0.05, 0) is 6.42 Å². The molecule has 0 aliphatic carbocycles. The molecule has 1 heterocycles. The summed E-state index contributed by atoms with van der Waals surface area (Å²) in [5, 5.41) is 17.4. The van der Waals surface area contributed by atoms with Gasteiger partial charge in [0, 0.05) is 5.75 Å². The van der Waals surface area contributed by atoms with E-state index in [1.165, 1.54) is 16.7 Å². The van der Waals surface area contributed by atoms with Crippen LogP contribution in [0, 0.1) is 0 Å². The second kappa shape index (κ2) is 6.05. The van der Waals surface area contributed by atoms with Crippen LogP contribution in [0.5, 0.6) is 0 Å². The lowest BCUT2D eigenvalue weighted by Gasteiger charge is -2.28. The Labute approximate surface area is 108 Å². The summed E-state index contributed by atoms with van der Waals surface area (Å²) in [6, 6.07) is -2.12. The van der Waals surface area contributed by atoms with Crippen molar-refractivity contribution in [1.82, 2.24) is 4.90 Å². The molecule has 0 radical (unpaired) electrons. The third kappa shape index (κ3) is 3.14. The van der Waals surface area contributed by atoms with E-state index in [0.29, 0.717) is 12.2 Å². The summed E-state index contributed by atoms with van der Waals surface area (Å²) in [6.45, 7) is 1.84. The summed E-state index contributed by atoms with van der Waals surface area (Å²) in [5.74, 6) is -2.57. The third-order valence-electron chi connectivity index (χ3n) is 2.69. The molecule has 0 aromatic carbocycles. The Kier molecular flexibility index (Phi) is 4.97. The van der Waals surface area contributed by atoms with Crippen molar-refractivity contribution >= 4 is 29.6 Å². The number of amides is 1. The van der Waals surface area contributed by atoms with Gasteiger partial charge in [-0.25, -0.2) is 4.79 Å². The van der Waals surface area contributed by atoms with Crippen LogP contribution in [0.2, 0.25) is 0 Å². The van der Waals surface area contributed by atoms with Crippen molar-refractivity contribution in [1.29, 1.82) is 0 Å². The highest BCUT2D eigenvalue weighted by molar-refractivity contribution is 8.00. The minimum absolute atomic E-state index is 0.251. The second-order valence-corrected chi connectivity index (χ2v) is 5.21. The van der Waals surface area contributed by atoms with E-state index < -0.39 is 36.4 Å². The van der Waals surface area contributed by atoms with Gasteiger partial charge in [0.15, 0.2) is 0 Å². The van der Waals surface area contributed by atoms with Crippen LogP contribution in [-0.2, 0) is 14.4 Å². The Bertz CT molecular complexity index is 362. The molecule has 1 aliphatic heterocycles. The summed E-state index contributed by atoms with van der Waals surface area (Å²) in [7, 11) is 0. The Morgan fingerprint density at radius 3 is 2.50 bits per heavy atom. The Balaban J connectivity index is 2.84. The topological polar surface area (TPSA) is 121 Å². The molecule has 18 heavy (non-hydrogen) atoms. The number of nitrogens with zero attached hydrogens (tertiary/aromatic N) is 1. The van der Waals surface area contributed by atoms with Crippen LogP contribution >= 0.6 is 11.8 Å². The van der Waals surface area contributed by atoms with Gasteiger partial charge >= 0.3 is 11.9 Å². The largest absolute Gasteiger partial charge is 0.481 e. The molecular weight excluding hydrogens is 260 g/mol. The molecule has 1 rings (SSSR count). The SMILES string of the molecule is CCC1SCC(C(=O)O)N1C(=O)C(N)CC(=O)O. The second-order valence-electron chi connectivity index (χ2n) is 4.00. The number of hydrogen-bond donors (Lipinski definition) is 3. The number of thioether (sulfide) groups is 1. The normalized spacial score (nSPS) is 24.9. The molecule has 4 N–H and O–H groups in total. The van der Waals surface area contributed by atoms with Gasteiger partial charge in [-0.15, -0.1) is 11.8 Å². The summed E-state index contributed by atoms with van der Waals surface area (Å²) < 4.78 is 0. The lowest BCUT2D eigenvalue weighted by Crippen LogP contribution is -2.52. The monoisotopic (exact) mass is 276 g/mol. The van der Waals surface area contributed by atoms with Gasteiger partial charge in [0.25, 0.3) is 0 Å². The molecule has 102 valence electrons. The number of carboxylic acid groups (broad SMARTS) is 2. The van der Waals surface area contributed by atoms with Gasteiger partial charge < -0.3 is 20.8 Å². The van der Waals surface area contributed by atoms with Crippen LogP contribution in [0.25, 0.3) is 0 Å². The van der Waals surface area contributed by atoms with Crippen molar-refractivity contribution in [3.05, 3.63) is 0 Å². The number of nitrogens with two attached hydrogens (primary N) is 1. The average Bonchev–Trinajstić information content (AvgIpc) is 2.70. The fourth-order valence-corrected chi connectivity index (χ4v) is 3.19. The van der Waals surface area contributed by atoms with Crippen LogP contribution in [0.1, 0.15) is 19.8 Å². The van der Waals surface area contributed by atoms with E-state index in [1.54, 1.807) is 0 Å². The van der Waals surface area contributed by atoms with Crippen molar-refractivity contribution < 1.29 is 24.6 Å². The summed E-state index contributed by atoms with van der Waals surface area (Å²) in [4.78, 5) is 34.8. The zero-order valence-corrected chi connectivity index (χ0v) is 10.7. The van der Waals surface area contributed by atoms with E-state index in [4.69, 9.17) is 15.9 Å². The maximum Gasteiger partial charge on any atom is 0.327 e. The predicted molar refractivity (Wildman–Crippen MR) is 65.0 cm³/mol. The van der Waals surface area contributed by atoms with Crippen molar-refractivity contribution in [2.45, 2.75) is 37.2 Å². The van der Waals surface area contributed by atoms with Crippen LogP contribution < -0.4 is 5.73 Å². The fraction of sp³-hybridized carbons (Fsp3) is 0.700. The van der Waals surface area contributed by atoms with Crippen molar-refractivity contribution in [2.24, 2.45) is 5.73 Å². The van der Waals surface area contributed by atoms with Gasteiger partial charge in [0.2, 0.25) is 5.91 Å².